The van der Waals surface area contributed by atoms with Crippen LogP contribution in [0, 0.1) is 0 Å². The SMILES string of the molecule is CCS(=O)(=O)c1ccc(CC(=O)Nc2ccc(-c3ccc(Cl)cc3)c(Cc3ccccc3)n2)cc1. The number of rotatable bonds is 8. The van der Waals surface area contributed by atoms with E-state index < -0.39 is 9.84 Å². The highest BCUT2D eigenvalue weighted by Crippen LogP contribution is 2.27. The van der Waals surface area contributed by atoms with E-state index in [9.17, 15) is 13.2 Å². The minimum atomic E-state index is -3.27. The summed E-state index contributed by atoms with van der Waals surface area (Å²) in [5, 5.41) is 3.53. The lowest BCUT2D eigenvalue weighted by Gasteiger charge is -2.13. The van der Waals surface area contributed by atoms with Gasteiger partial charge in [0.1, 0.15) is 5.82 Å². The maximum atomic E-state index is 12.7. The fourth-order valence-corrected chi connectivity index (χ4v) is 4.75. The summed E-state index contributed by atoms with van der Waals surface area (Å²) in [6.45, 7) is 1.61. The van der Waals surface area contributed by atoms with Crippen LogP contribution in [0.4, 0.5) is 5.82 Å². The summed E-state index contributed by atoms with van der Waals surface area (Å²) in [5.41, 5.74) is 4.63. The Bertz CT molecular complexity index is 1420. The van der Waals surface area contributed by atoms with Crippen LogP contribution in [0.25, 0.3) is 11.1 Å². The number of pyridine rings is 1. The number of hydrogen-bond acceptors (Lipinski definition) is 4. The number of sulfone groups is 1. The zero-order valence-electron chi connectivity index (χ0n) is 19.2. The summed E-state index contributed by atoms with van der Waals surface area (Å²) >= 11 is 6.06. The molecule has 5 nitrogen and oxygen atoms in total. The van der Waals surface area contributed by atoms with Gasteiger partial charge in [-0.15, -0.1) is 0 Å². The van der Waals surface area contributed by atoms with Crippen molar-refractivity contribution in [1.29, 1.82) is 0 Å². The first kappa shape index (κ1) is 24.6. The van der Waals surface area contributed by atoms with E-state index in [1.54, 1.807) is 37.3 Å². The third-order valence-electron chi connectivity index (χ3n) is 5.64. The standard InChI is InChI=1S/C28H25ClN2O3S/c1-2-35(33,34)24-14-8-21(9-15-24)19-28(32)31-27-17-16-25(22-10-12-23(29)13-11-22)26(30-27)18-20-6-4-3-5-7-20/h3-17H,2,18-19H2,1H3,(H,30,31,32). The molecule has 0 saturated heterocycles. The van der Waals surface area contributed by atoms with Crippen LogP contribution >= 0.6 is 11.6 Å². The van der Waals surface area contributed by atoms with Crippen LogP contribution in [0.15, 0.2) is 95.9 Å². The summed E-state index contributed by atoms with van der Waals surface area (Å²) in [7, 11) is -3.27. The smallest absolute Gasteiger partial charge is 0.229 e. The molecule has 0 spiro atoms. The van der Waals surface area contributed by atoms with Gasteiger partial charge in [0, 0.05) is 17.0 Å². The van der Waals surface area contributed by atoms with Gasteiger partial charge in [-0.25, -0.2) is 13.4 Å². The van der Waals surface area contributed by atoms with Crippen LogP contribution < -0.4 is 5.32 Å². The van der Waals surface area contributed by atoms with Crippen LogP contribution in [0.1, 0.15) is 23.7 Å². The number of nitrogens with one attached hydrogen (secondary N) is 1. The molecule has 0 bridgehead atoms. The van der Waals surface area contributed by atoms with Gasteiger partial charge in [0.15, 0.2) is 9.84 Å². The molecule has 178 valence electrons. The molecule has 4 aromatic rings. The van der Waals surface area contributed by atoms with Gasteiger partial charge in [0.25, 0.3) is 0 Å². The van der Waals surface area contributed by atoms with E-state index in [0.29, 0.717) is 17.3 Å². The predicted octanol–water partition coefficient (Wildman–Crippen LogP) is 5.97. The summed E-state index contributed by atoms with van der Waals surface area (Å²) in [6.07, 6.45) is 0.719. The molecule has 0 atom stereocenters. The van der Waals surface area contributed by atoms with E-state index in [-0.39, 0.29) is 23.0 Å². The van der Waals surface area contributed by atoms with Gasteiger partial charge in [0.05, 0.1) is 22.8 Å². The maximum absolute atomic E-state index is 12.7. The van der Waals surface area contributed by atoms with Crippen molar-refractivity contribution in [2.24, 2.45) is 0 Å². The van der Waals surface area contributed by atoms with Crippen LogP contribution in [0.2, 0.25) is 5.02 Å². The molecule has 0 radical (unpaired) electrons. The number of carbonyl (C=O) groups is 1. The van der Waals surface area contributed by atoms with E-state index in [2.05, 4.69) is 5.32 Å². The Kier molecular flexibility index (Phi) is 7.63. The Labute approximate surface area is 210 Å². The second-order valence-corrected chi connectivity index (χ2v) is 10.8. The third-order valence-corrected chi connectivity index (χ3v) is 7.64. The van der Waals surface area contributed by atoms with Crippen molar-refractivity contribution in [2.75, 3.05) is 11.1 Å². The summed E-state index contributed by atoms with van der Waals surface area (Å²) in [5.74, 6) is 0.271. The molecular weight excluding hydrogens is 480 g/mol. The summed E-state index contributed by atoms with van der Waals surface area (Å²) < 4.78 is 24.0. The molecule has 1 N–H and O–H groups in total. The molecule has 1 heterocycles. The molecule has 0 aliphatic carbocycles. The fraction of sp³-hybridized carbons (Fsp3) is 0.143. The number of benzene rings is 3. The van der Waals surface area contributed by atoms with Gasteiger partial charge in [-0.05, 0) is 53.1 Å². The van der Waals surface area contributed by atoms with Crippen LogP contribution in [-0.2, 0) is 27.5 Å². The first-order valence-electron chi connectivity index (χ1n) is 11.3. The Morgan fingerprint density at radius 2 is 1.54 bits per heavy atom. The van der Waals surface area contributed by atoms with E-state index in [0.717, 1.165) is 27.9 Å². The molecule has 1 aromatic heterocycles. The molecule has 3 aromatic carbocycles. The molecule has 0 aliphatic heterocycles. The first-order valence-corrected chi connectivity index (χ1v) is 13.3. The molecule has 4 rings (SSSR count). The lowest BCUT2D eigenvalue weighted by atomic mass is 9.99. The number of aromatic nitrogens is 1. The van der Waals surface area contributed by atoms with E-state index in [4.69, 9.17) is 16.6 Å². The van der Waals surface area contributed by atoms with Gasteiger partial charge in [-0.1, -0.05) is 73.1 Å². The molecule has 0 aliphatic rings. The average molecular weight is 505 g/mol. The molecule has 0 fully saturated rings. The monoisotopic (exact) mass is 504 g/mol. The number of carbonyl (C=O) groups excluding carboxylic acids is 1. The van der Waals surface area contributed by atoms with Crippen LogP contribution in [0.3, 0.4) is 0 Å². The Balaban J connectivity index is 1.55. The molecule has 1 amide bonds. The van der Waals surface area contributed by atoms with Crippen molar-refractivity contribution in [3.8, 4) is 11.1 Å². The number of nitrogens with zero attached hydrogens (tertiary/aromatic N) is 1. The van der Waals surface area contributed by atoms with Crippen molar-refractivity contribution >= 4 is 33.2 Å². The van der Waals surface area contributed by atoms with Crippen molar-refractivity contribution in [2.45, 2.75) is 24.7 Å². The second-order valence-electron chi connectivity index (χ2n) is 8.13. The Hall–Kier alpha value is -3.48. The van der Waals surface area contributed by atoms with Crippen LogP contribution in [0.5, 0.6) is 0 Å². The van der Waals surface area contributed by atoms with Crippen molar-refractivity contribution in [3.63, 3.8) is 0 Å². The van der Waals surface area contributed by atoms with Gasteiger partial charge in [-0.3, -0.25) is 4.79 Å². The van der Waals surface area contributed by atoms with Crippen molar-refractivity contribution in [3.05, 3.63) is 113 Å². The number of anilines is 1. The fourth-order valence-electron chi connectivity index (χ4n) is 3.74. The predicted molar refractivity (Wildman–Crippen MR) is 140 cm³/mol. The number of halogens is 1. The van der Waals surface area contributed by atoms with Gasteiger partial charge < -0.3 is 5.32 Å². The van der Waals surface area contributed by atoms with Crippen LogP contribution in [-0.4, -0.2) is 25.1 Å². The minimum absolute atomic E-state index is 0.0375. The van der Waals surface area contributed by atoms with E-state index in [1.807, 2.05) is 60.7 Å². The molecule has 0 unspecified atom stereocenters. The lowest BCUT2D eigenvalue weighted by Crippen LogP contribution is -2.16. The van der Waals surface area contributed by atoms with E-state index >= 15 is 0 Å². The van der Waals surface area contributed by atoms with E-state index in [1.165, 1.54) is 0 Å². The minimum Gasteiger partial charge on any atom is -0.310 e. The third kappa shape index (κ3) is 6.35. The zero-order valence-corrected chi connectivity index (χ0v) is 20.8. The molecular formula is C28H25ClN2O3S. The number of amides is 1. The average Bonchev–Trinajstić information content (AvgIpc) is 2.86. The highest BCUT2D eigenvalue weighted by molar-refractivity contribution is 7.91. The largest absolute Gasteiger partial charge is 0.310 e. The summed E-state index contributed by atoms with van der Waals surface area (Å²) in [4.78, 5) is 17.7. The molecule has 7 heteroatoms. The van der Waals surface area contributed by atoms with Gasteiger partial charge in [-0.2, -0.15) is 0 Å². The van der Waals surface area contributed by atoms with Crippen molar-refractivity contribution in [1.82, 2.24) is 4.98 Å². The lowest BCUT2D eigenvalue weighted by molar-refractivity contribution is -0.115. The quantitative estimate of drug-likeness (QED) is 0.321. The highest BCUT2D eigenvalue weighted by Gasteiger charge is 2.14. The maximum Gasteiger partial charge on any atom is 0.229 e. The normalized spacial score (nSPS) is 11.3. The topological polar surface area (TPSA) is 76.1 Å². The van der Waals surface area contributed by atoms with Gasteiger partial charge >= 0.3 is 0 Å². The Morgan fingerprint density at radius 3 is 2.20 bits per heavy atom. The second kappa shape index (κ2) is 10.8. The summed E-state index contributed by atoms with van der Waals surface area (Å²) in [6, 6.07) is 27.8. The zero-order chi connectivity index (χ0) is 24.8. The first-order chi connectivity index (χ1) is 16.8. The Morgan fingerprint density at radius 1 is 0.857 bits per heavy atom. The number of hydrogen-bond donors (Lipinski definition) is 1. The molecule has 35 heavy (non-hydrogen) atoms. The van der Waals surface area contributed by atoms with Crippen molar-refractivity contribution < 1.29 is 13.2 Å². The molecule has 0 saturated carbocycles. The highest BCUT2D eigenvalue weighted by atomic mass is 35.5. The van der Waals surface area contributed by atoms with Gasteiger partial charge in [0.2, 0.25) is 5.91 Å².